The number of hydrogen-bond donors (Lipinski definition) is 2. The Labute approximate surface area is 119 Å². The predicted octanol–water partition coefficient (Wildman–Crippen LogP) is 2.32. The van der Waals surface area contributed by atoms with E-state index in [2.05, 4.69) is 10.1 Å². The van der Waals surface area contributed by atoms with E-state index in [9.17, 15) is 9.59 Å². The summed E-state index contributed by atoms with van der Waals surface area (Å²) in [6.07, 6.45) is 4.40. The number of rotatable bonds is 8. The summed E-state index contributed by atoms with van der Waals surface area (Å²) in [7, 11) is 1.33. The van der Waals surface area contributed by atoms with Crippen molar-refractivity contribution in [3.05, 3.63) is 29.8 Å². The number of unbranched alkanes of at least 4 members (excludes halogenated alkanes) is 3. The van der Waals surface area contributed by atoms with E-state index in [-0.39, 0.29) is 5.91 Å². The zero-order valence-electron chi connectivity index (χ0n) is 11.9. The van der Waals surface area contributed by atoms with E-state index in [0.29, 0.717) is 24.2 Å². The first-order valence-corrected chi connectivity index (χ1v) is 6.85. The first kappa shape index (κ1) is 16.2. The second-order valence-corrected chi connectivity index (χ2v) is 4.57. The van der Waals surface area contributed by atoms with Gasteiger partial charge in [-0.1, -0.05) is 18.9 Å². The molecule has 0 aliphatic carbocycles. The second kappa shape index (κ2) is 9.09. The molecule has 0 radical (unpaired) electrons. The van der Waals surface area contributed by atoms with Crippen LogP contribution in [0.1, 0.15) is 42.5 Å². The first-order valence-electron chi connectivity index (χ1n) is 6.85. The molecule has 1 aromatic rings. The third-order valence-electron chi connectivity index (χ3n) is 2.93. The fraction of sp³-hybridized carbons (Fsp3) is 0.467. The molecule has 0 spiro atoms. The lowest BCUT2D eigenvalue weighted by Gasteiger charge is -2.06. The molecule has 0 atom stereocenters. The van der Waals surface area contributed by atoms with Crippen molar-refractivity contribution in [3.63, 3.8) is 0 Å². The molecule has 0 fully saturated rings. The lowest BCUT2D eigenvalue weighted by Crippen LogP contribution is -2.12. The van der Waals surface area contributed by atoms with Crippen LogP contribution in [0.2, 0.25) is 0 Å². The SMILES string of the molecule is COC(=O)c1cccc(NC(=O)CCCCCCN)c1. The second-order valence-electron chi connectivity index (χ2n) is 4.57. The first-order chi connectivity index (χ1) is 9.67. The molecular formula is C15H22N2O3. The van der Waals surface area contributed by atoms with E-state index in [1.165, 1.54) is 7.11 Å². The summed E-state index contributed by atoms with van der Waals surface area (Å²) in [5.74, 6) is -0.456. The van der Waals surface area contributed by atoms with Crippen molar-refractivity contribution in [2.45, 2.75) is 32.1 Å². The Kier molecular flexibility index (Phi) is 7.35. The van der Waals surface area contributed by atoms with Crippen LogP contribution in [-0.4, -0.2) is 25.5 Å². The Hall–Kier alpha value is -1.88. The maximum atomic E-state index is 11.7. The highest BCUT2D eigenvalue weighted by atomic mass is 16.5. The van der Waals surface area contributed by atoms with Crippen molar-refractivity contribution < 1.29 is 14.3 Å². The molecule has 5 heteroatoms. The van der Waals surface area contributed by atoms with Crippen LogP contribution in [-0.2, 0) is 9.53 Å². The zero-order valence-corrected chi connectivity index (χ0v) is 11.9. The van der Waals surface area contributed by atoms with Crippen molar-refractivity contribution in [1.82, 2.24) is 0 Å². The number of amides is 1. The number of nitrogens with two attached hydrogens (primary N) is 1. The fourth-order valence-electron chi connectivity index (χ4n) is 1.85. The Morgan fingerprint density at radius 3 is 2.65 bits per heavy atom. The van der Waals surface area contributed by atoms with Crippen molar-refractivity contribution in [3.8, 4) is 0 Å². The number of anilines is 1. The molecule has 0 aliphatic heterocycles. The van der Waals surface area contributed by atoms with Gasteiger partial charge in [0.15, 0.2) is 0 Å². The topological polar surface area (TPSA) is 81.4 Å². The number of benzene rings is 1. The van der Waals surface area contributed by atoms with Crippen LogP contribution in [0.15, 0.2) is 24.3 Å². The van der Waals surface area contributed by atoms with Crippen LogP contribution in [0.3, 0.4) is 0 Å². The Morgan fingerprint density at radius 1 is 1.20 bits per heavy atom. The highest BCUT2D eigenvalue weighted by molar-refractivity contribution is 5.94. The number of methoxy groups -OCH3 is 1. The third kappa shape index (κ3) is 5.84. The molecule has 0 saturated heterocycles. The van der Waals surface area contributed by atoms with Gasteiger partial charge in [-0.2, -0.15) is 0 Å². The van der Waals surface area contributed by atoms with E-state index < -0.39 is 5.97 Å². The van der Waals surface area contributed by atoms with Gasteiger partial charge in [0.05, 0.1) is 12.7 Å². The quantitative estimate of drug-likeness (QED) is 0.565. The molecule has 5 nitrogen and oxygen atoms in total. The molecule has 0 aromatic heterocycles. The van der Waals surface area contributed by atoms with E-state index >= 15 is 0 Å². The molecule has 1 rings (SSSR count). The van der Waals surface area contributed by atoms with E-state index in [1.54, 1.807) is 24.3 Å². The van der Waals surface area contributed by atoms with Crippen molar-refractivity contribution in [1.29, 1.82) is 0 Å². The standard InChI is InChI=1S/C15H22N2O3/c1-20-15(19)12-7-6-8-13(11-12)17-14(18)9-4-2-3-5-10-16/h6-8,11H,2-5,9-10,16H2,1H3,(H,17,18). The molecule has 110 valence electrons. The van der Waals surface area contributed by atoms with E-state index in [4.69, 9.17) is 5.73 Å². The average molecular weight is 278 g/mol. The van der Waals surface area contributed by atoms with Gasteiger partial charge in [0.25, 0.3) is 0 Å². The van der Waals surface area contributed by atoms with Gasteiger partial charge in [0.1, 0.15) is 0 Å². The molecule has 0 heterocycles. The summed E-state index contributed by atoms with van der Waals surface area (Å²) >= 11 is 0. The summed E-state index contributed by atoms with van der Waals surface area (Å²) in [5, 5.41) is 2.78. The maximum absolute atomic E-state index is 11.7. The number of esters is 1. The normalized spacial score (nSPS) is 10.1. The average Bonchev–Trinajstić information content (AvgIpc) is 2.46. The lowest BCUT2D eigenvalue weighted by atomic mass is 10.1. The van der Waals surface area contributed by atoms with Crippen LogP contribution in [0.5, 0.6) is 0 Å². The van der Waals surface area contributed by atoms with Crippen molar-refractivity contribution in [2.75, 3.05) is 19.0 Å². The molecule has 1 amide bonds. The molecule has 0 aliphatic rings. The molecular weight excluding hydrogens is 256 g/mol. The summed E-state index contributed by atoms with van der Waals surface area (Å²) in [4.78, 5) is 23.1. The van der Waals surface area contributed by atoms with Crippen LogP contribution in [0.4, 0.5) is 5.69 Å². The van der Waals surface area contributed by atoms with Crippen LogP contribution in [0, 0.1) is 0 Å². The minimum Gasteiger partial charge on any atom is -0.465 e. The van der Waals surface area contributed by atoms with E-state index in [1.807, 2.05) is 0 Å². The monoisotopic (exact) mass is 278 g/mol. The largest absolute Gasteiger partial charge is 0.465 e. The van der Waals surface area contributed by atoms with Gasteiger partial charge < -0.3 is 15.8 Å². The summed E-state index contributed by atoms with van der Waals surface area (Å²) < 4.78 is 4.64. The van der Waals surface area contributed by atoms with Gasteiger partial charge in [0.2, 0.25) is 5.91 Å². The summed E-state index contributed by atoms with van der Waals surface area (Å²) in [6, 6.07) is 6.72. The number of carbonyl (C=O) groups is 2. The predicted molar refractivity (Wildman–Crippen MR) is 78.6 cm³/mol. The van der Waals surface area contributed by atoms with Gasteiger partial charge in [-0.3, -0.25) is 4.79 Å². The number of ether oxygens (including phenoxy) is 1. The van der Waals surface area contributed by atoms with Crippen molar-refractivity contribution >= 4 is 17.6 Å². The fourth-order valence-corrected chi connectivity index (χ4v) is 1.85. The van der Waals surface area contributed by atoms with Gasteiger partial charge in [-0.15, -0.1) is 0 Å². The third-order valence-corrected chi connectivity index (χ3v) is 2.93. The number of carbonyl (C=O) groups excluding carboxylic acids is 2. The van der Waals surface area contributed by atoms with Crippen molar-refractivity contribution in [2.24, 2.45) is 5.73 Å². The Bertz CT molecular complexity index is 446. The van der Waals surface area contributed by atoms with Gasteiger partial charge in [-0.25, -0.2) is 4.79 Å². The van der Waals surface area contributed by atoms with Gasteiger partial charge >= 0.3 is 5.97 Å². The smallest absolute Gasteiger partial charge is 0.337 e. The van der Waals surface area contributed by atoms with Crippen LogP contribution in [0.25, 0.3) is 0 Å². The van der Waals surface area contributed by atoms with E-state index in [0.717, 1.165) is 25.7 Å². The van der Waals surface area contributed by atoms with Gasteiger partial charge in [0, 0.05) is 12.1 Å². The zero-order chi connectivity index (χ0) is 14.8. The molecule has 0 unspecified atom stereocenters. The highest BCUT2D eigenvalue weighted by Gasteiger charge is 2.07. The minimum atomic E-state index is -0.414. The maximum Gasteiger partial charge on any atom is 0.337 e. The number of nitrogens with one attached hydrogen (secondary N) is 1. The minimum absolute atomic E-state index is 0.0419. The molecule has 3 N–H and O–H groups in total. The number of hydrogen-bond acceptors (Lipinski definition) is 4. The summed E-state index contributed by atoms with van der Waals surface area (Å²) in [6.45, 7) is 0.701. The Morgan fingerprint density at radius 2 is 1.95 bits per heavy atom. The van der Waals surface area contributed by atoms with Gasteiger partial charge in [-0.05, 0) is 37.6 Å². The van der Waals surface area contributed by atoms with Crippen LogP contribution < -0.4 is 11.1 Å². The summed E-state index contributed by atoms with van der Waals surface area (Å²) in [5.41, 5.74) is 6.44. The molecule has 0 saturated carbocycles. The Balaban J connectivity index is 2.40. The lowest BCUT2D eigenvalue weighted by molar-refractivity contribution is -0.116. The molecule has 1 aromatic carbocycles. The molecule has 20 heavy (non-hydrogen) atoms. The van der Waals surface area contributed by atoms with Crippen LogP contribution >= 0.6 is 0 Å². The highest BCUT2D eigenvalue weighted by Crippen LogP contribution is 2.12. The molecule has 0 bridgehead atoms.